The first-order valence-electron chi connectivity index (χ1n) is 6.71. The molecule has 0 radical (unpaired) electrons. The number of anilines is 1. The third kappa shape index (κ3) is 3.72. The van der Waals surface area contributed by atoms with Crippen LogP contribution in [0.15, 0.2) is 18.5 Å². The van der Waals surface area contributed by atoms with Crippen LogP contribution in [0, 0.1) is 0 Å². The van der Waals surface area contributed by atoms with Gasteiger partial charge < -0.3 is 10.2 Å². The lowest BCUT2D eigenvalue weighted by Gasteiger charge is -2.22. The maximum Gasteiger partial charge on any atom is 0.257 e. The summed E-state index contributed by atoms with van der Waals surface area (Å²) in [7, 11) is 0. The number of rotatable bonds is 7. The van der Waals surface area contributed by atoms with Crippen LogP contribution >= 0.6 is 0 Å². The number of amides is 1. The van der Waals surface area contributed by atoms with Crippen molar-refractivity contribution >= 4 is 11.6 Å². The predicted octanol–water partition coefficient (Wildman–Crippen LogP) is 2.78. The van der Waals surface area contributed by atoms with Gasteiger partial charge in [0.25, 0.3) is 5.91 Å². The summed E-state index contributed by atoms with van der Waals surface area (Å²) >= 11 is 0. The largest absolute Gasteiger partial charge is 0.385 e. The van der Waals surface area contributed by atoms with Crippen LogP contribution in [0.5, 0.6) is 0 Å². The molecule has 0 aromatic carbocycles. The van der Waals surface area contributed by atoms with Crippen LogP contribution in [0.2, 0.25) is 0 Å². The van der Waals surface area contributed by atoms with E-state index in [1.807, 2.05) is 24.8 Å². The Morgan fingerprint density at radius 2 is 2.17 bits per heavy atom. The molecule has 0 spiro atoms. The number of hydrogen-bond acceptors (Lipinski definition) is 3. The molecule has 1 aromatic heterocycles. The Bertz CT molecular complexity index is 379. The van der Waals surface area contributed by atoms with Crippen LogP contribution in [0.4, 0.5) is 5.69 Å². The molecule has 0 aliphatic rings. The van der Waals surface area contributed by atoms with Crippen LogP contribution in [-0.4, -0.2) is 35.4 Å². The molecule has 1 heterocycles. The number of nitrogens with one attached hydrogen (secondary N) is 1. The van der Waals surface area contributed by atoms with E-state index in [9.17, 15) is 4.79 Å². The molecule has 100 valence electrons. The molecule has 0 aliphatic carbocycles. The number of unbranched alkanes of at least 4 members (excludes halogenated alkanes) is 1. The molecule has 1 N–H and O–H groups in total. The lowest BCUT2D eigenvalue weighted by molar-refractivity contribution is 0.0763. The summed E-state index contributed by atoms with van der Waals surface area (Å²) in [6, 6.07) is 1.85. The van der Waals surface area contributed by atoms with E-state index in [2.05, 4.69) is 17.2 Å². The zero-order valence-electron chi connectivity index (χ0n) is 11.6. The molecule has 1 aromatic rings. The van der Waals surface area contributed by atoms with Gasteiger partial charge in [0, 0.05) is 32.0 Å². The Kier molecular flexibility index (Phi) is 6.19. The van der Waals surface area contributed by atoms with Crippen LogP contribution in [0.3, 0.4) is 0 Å². The molecule has 0 atom stereocenters. The molecule has 0 unspecified atom stereocenters. The summed E-state index contributed by atoms with van der Waals surface area (Å²) in [6.07, 6.45) is 5.49. The molecule has 18 heavy (non-hydrogen) atoms. The van der Waals surface area contributed by atoms with Gasteiger partial charge in [-0.1, -0.05) is 13.3 Å². The number of nitrogens with zero attached hydrogens (tertiary/aromatic N) is 2. The highest BCUT2D eigenvalue weighted by Gasteiger charge is 2.17. The Hall–Kier alpha value is -1.58. The monoisotopic (exact) mass is 249 g/mol. The first-order valence-corrected chi connectivity index (χ1v) is 6.71. The molecule has 1 amide bonds. The Labute approximate surface area is 109 Å². The van der Waals surface area contributed by atoms with Crippen molar-refractivity contribution in [3.8, 4) is 0 Å². The number of carbonyl (C=O) groups is 1. The second-order valence-electron chi connectivity index (χ2n) is 4.19. The van der Waals surface area contributed by atoms with E-state index in [-0.39, 0.29) is 5.91 Å². The van der Waals surface area contributed by atoms with Gasteiger partial charge in [-0.15, -0.1) is 0 Å². The fourth-order valence-corrected chi connectivity index (χ4v) is 1.83. The summed E-state index contributed by atoms with van der Waals surface area (Å²) in [4.78, 5) is 18.4. The minimum Gasteiger partial charge on any atom is -0.385 e. The molecule has 0 saturated heterocycles. The molecular weight excluding hydrogens is 226 g/mol. The molecule has 0 saturated carbocycles. The third-order valence-electron chi connectivity index (χ3n) is 2.87. The molecular formula is C14H23N3O. The van der Waals surface area contributed by atoms with Crippen molar-refractivity contribution in [2.24, 2.45) is 0 Å². The summed E-state index contributed by atoms with van der Waals surface area (Å²) in [5.74, 6) is 0.0648. The highest BCUT2D eigenvalue weighted by molar-refractivity contribution is 5.99. The van der Waals surface area contributed by atoms with Crippen molar-refractivity contribution in [2.45, 2.75) is 33.6 Å². The van der Waals surface area contributed by atoms with Gasteiger partial charge in [-0.2, -0.15) is 0 Å². The summed E-state index contributed by atoms with van der Waals surface area (Å²) in [6.45, 7) is 8.50. The Morgan fingerprint density at radius 1 is 1.39 bits per heavy atom. The number of aromatic nitrogens is 1. The first-order chi connectivity index (χ1) is 8.74. The van der Waals surface area contributed by atoms with E-state index in [0.717, 1.165) is 38.2 Å². The zero-order valence-corrected chi connectivity index (χ0v) is 11.6. The third-order valence-corrected chi connectivity index (χ3v) is 2.87. The lowest BCUT2D eigenvalue weighted by atomic mass is 10.2. The van der Waals surface area contributed by atoms with Crippen LogP contribution in [-0.2, 0) is 0 Å². The average molecular weight is 249 g/mol. The molecule has 4 heteroatoms. The predicted molar refractivity (Wildman–Crippen MR) is 74.9 cm³/mol. The lowest BCUT2D eigenvalue weighted by Crippen LogP contribution is -2.32. The van der Waals surface area contributed by atoms with Crippen molar-refractivity contribution in [3.05, 3.63) is 24.0 Å². The minimum absolute atomic E-state index is 0.0648. The van der Waals surface area contributed by atoms with E-state index in [1.165, 1.54) is 0 Å². The summed E-state index contributed by atoms with van der Waals surface area (Å²) in [5, 5.41) is 3.20. The highest BCUT2D eigenvalue weighted by atomic mass is 16.2. The highest BCUT2D eigenvalue weighted by Crippen LogP contribution is 2.16. The van der Waals surface area contributed by atoms with Gasteiger partial charge in [0.2, 0.25) is 0 Å². The van der Waals surface area contributed by atoms with Gasteiger partial charge in [0.15, 0.2) is 0 Å². The Balaban J connectivity index is 2.86. The van der Waals surface area contributed by atoms with Crippen molar-refractivity contribution in [3.63, 3.8) is 0 Å². The molecule has 1 rings (SSSR count). The normalized spacial score (nSPS) is 10.2. The van der Waals surface area contributed by atoms with E-state index in [0.29, 0.717) is 5.56 Å². The molecule has 0 fully saturated rings. The second-order valence-corrected chi connectivity index (χ2v) is 4.19. The second kappa shape index (κ2) is 7.69. The van der Waals surface area contributed by atoms with Crippen molar-refractivity contribution in [1.29, 1.82) is 0 Å². The van der Waals surface area contributed by atoms with Gasteiger partial charge >= 0.3 is 0 Å². The molecule has 4 nitrogen and oxygen atoms in total. The van der Waals surface area contributed by atoms with Crippen LogP contribution in [0.1, 0.15) is 44.0 Å². The first kappa shape index (κ1) is 14.5. The van der Waals surface area contributed by atoms with E-state index in [1.54, 1.807) is 12.4 Å². The fourth-order valence-electron chi connectivity index (χ4n) is 1.83. The summed E-state index contributed by atoms with van der Waals surface area (Å²) < 4.78 is 0. The standard InChI is InChI=1S/C14H23N3O/c1-4-7-10-17(6-3)14(18)12-11-15-9-8-13(12)16-5-2/h8-9,11H,4-7,10H2,1-3H3,(H,15,16). The van der Waals surface area contributed by atoms with E-state index < -0.39 is 0 Å². The van der Waals surface area contributed by atoms with E-state index in [4.69, 9.17) is 0 Å². The van der Waals surface area contributed by atoms with Gasteiger partial charge in [-0.25, -0.2) is 0 Å². The maximum atomic E-state index is 12.4. The summed E-state index contributed by atoms with van der Waals surface area (Å²) in [5.41, 5.74) is 1.53. The topological polar surface area (TPSA) is 45.2 Å². The van der Waals surface area contributed by atoms with Gasteiger partial charge in [-0.05, 0) is 26.3 Å². The van der Waals surface area contributed by atoms with Crippen molar-refractivity contribution in [2.75, 3.05) is 25.0 Å². The average Bonchev–Trinajstić information content (AvgIpc) is 2.40. The maximum absolute atomic E-state index is 12.4. The van der Waals surface area contributed by atoms with Gasteiger partial charge in [0.1, 0.15) is 0 Å². The number of hydrogen-bond donors (Lipinski definition) is 1. The quantitative estimate of drug-likeness (QED) is 0.808. The molecule has 0 bridgehead atoms. The van der Waals surface area contributed by atoms with E-state index >= 15 is 0 Å². The number of pyridine rings is 1. The van der Waals surface area contributed by atoms with Gasteiger partial charge in [-0.3, -0.25) is 9.78 Å². The fraction of sp³-hybridized carbons (Fsp3) is 0.571. The van der Waals surface area contributed by atoms with Crippen LogP contribution in [0.25, 0.3) is 0 Å². The van der Waals surface area contributed by atoms with Crippen LogP contribution < -0.4 is 5.32 Å². The zero-order chi connectivity index (χ0) is 13.4. The van der Waals surface area contributed by atoms with Crippen molar-refractivity contribution in [1.82, 2.24) is 9.88 Å². The SMILES string of the molecule is CCCCN(CC)C(=O)c1cnccc1NCC. The van der Waals surface area contributed by atoms with Gasteiger partial charge in [0.05, 0.1) is 11.3 Å². The Morgan fingerprint density at radius 3 is 2.78 bits per heavy atom. The molecule has 0 aliphatic heterocycles. The van der Waals surface area contributed by atoms with Crippen molar-refractivity contribution < 1.29 is 4.79 Å². The smallest absolute Gasteiger partial charge is 0.257 e. The number of carbonyl (C=O) groups excluding carboxylic acids is 1. The minimum atomic E-state index is 0.0648.